The molecular weight excluding hydrogens is 607 g/mol. The predicted octanol–water partition coefficient (Wildman–Crippen LogP) is 7.15. The summed E-state index contributed by atoms with van der Waals surface area (Å²) in [5.74, 6) is -0.133. The van der Waals surface area contributed by atoms with Crippen LogP contribution in [0.5, 0.6) is 5.75 Å². The quantitative estimate of drug-likeness (QED) is 0.0564. The fourth-order valence-electron chi connectivity index (χ4n) is 5.25. The number of aromatic nitrogens is 4. The van der Waals surface area contributed by atoms with Crippen LogP contribution in [-0.2, 0) is 15.3 Å². The summed E-state index contributed by atoms with van der Waals surface area (Å²) in [6.07, 6.45) is 2.64. The van der Waals surface area contributed by atoms with Gasteiger partial charge in [0.15, 0.2) is 10.1 Å². The molecule has 230 valence electrons. The van der Waals surface area contributed by atoms with Gasteiger partial charge in [0.05, 0.1) is 23.9 Å². The molecule has 6 rings (SSSR count). The van der Waals surface area contributed by atoms with E-state index < -0.39 is 17.7 Å². The highest BCUT2D eigenvalue weighted by Gasteiger charge is 2.49. The Hall–Kier alpha value is -4.48. The van der Waals surface area contributed by atoms with Crippen LogP contribution in [0.25, 0.3) is 11.4 Å². The zero-order chi connectivity index (χ0) is 31.7. The molecule has 4 heterocycles. The van der Waals surface area contributed by atoms with E-state index in [1.165, 1.54) is 33.6 Å². The van der Waals surface area contributed by atoms with E-state index in [4.69, 9.17) is 4.74 Å². The van der Waals surface area contributed by atoms with Crippen molar-refractivity contribution in [1.29, 1.82) is 0 Å². The number of Topliss-reactive ketones (excluding diaryl/α,β-unsaturated/α-hetero) is 1. The Labute approximate surface area is 269 Å². The third-order valence-electron chi connectivity index (χ3n) is 7.60. The summed E-state index contributed by atoms with van der Waals surface area (Å²) >= 11 is 2.74. The Morgan fingerprint density at radius 1 is 1.04 bits per heavy atom. The number of anilines is 1. The van der Waals surface area contributed by atoms with E-state index in [0.717, 1.165) is 12.0 Å². The Kier molecular flexibility index (Phi) is 8.73. The number of fused-ring (bicyclic) bond motifs is 1. The summed E-state index contributed by atoms with van der Waals surface area (Å²) in [7, 11) is 0. The fraction of sp³-hybridized carbons (Fsp3) is 0.265. The molecule has 1 atom stereocenters. The molecule has 0 radical (unpaired) electrons. The van der Waals surface area contributed by atoms with Crippen LogP contribution in [0.3, 0.4) is 0 Å². The first-order valence-corrected chi connectivity index (χ1v) is 16.5. The van der Waals surface area contributed by atoms with Crippen molar-refractivity contribution in [2.45, 2.75) is 50.3 Å². The largest absolute Gasteiger partial charge is 0.505 e. The van der Waals surface area contributed by atoms with E-state index in [0.29, 0.717) is 51.0 Å². The zero-order valence-corrected chi connectivity index (χ0v) is 27.1. The monoisotopic (exact) mass is 639 g/mol. The highest BCUT2D eigenvalue weighted by molar-refractivity contribution is 8.00. The third kappa shape index (κ3) is 6.23. The van der Waals surface area contributed by atoms with Gasteiger partial charge in [-0.05, 0) is 61.6 Å². The van der Waals surface area contributed by atoms with Crippen LogP contribution in [-0.4, -0.2) is 43.0 Å². The van der Waals surface area contributed by atoms with Crippen LogP contribution in [0.2, 0.25) is 0 Å². The van der Waals surface area contributed by atoms with E-state index in [9.17, 15) is 14.7 Å². The standard InChI is InChI=1S/C34H33N5O4S2/c1-20(2)15-17-43-25-9-7-8-24(18-25)29-27(30(40)28-22(4)35-26-10-5-6-16-38(26)28)31(41)32(42)39(29)33-36-37-34(45-33)44-19-23-13-11-21(3)12-14-23/h5-14,16,18,20,29,40H,15,17,19H2,1-4H3. The number of aliphatic hydroxyl groups excluding tert-OH is 1. The highest BCUT2D eigenvalue weighted by atomic mass is 32.2. The molecule has 0 spiro atoms. The highest BCUT2D eigenvalue weighted by Crippen LogP contribution is 2.45. The number of amides is 1. The Morgan fingerprint density at radius 3 is 2.62 bits per heavy atom. The number of thioether (sulfide) groups is 1. The molecule has 1 unspecified atom stereocenters. The van der Waals surface area contributed by atoms with Crippen LogP contribution in [0, 0.1) is 19.8 Å². The van der Waals surface area contributed by atoms with Crippen molar-refractivity contribution >= 4 is 51.3 Å². The lowest BCUT2D eigenvalue weighted by Gasteiger charge is -2.23. The number of hydrogen-bond donors (Lipinski definition) is 1. The number of aryl methyl sites for hydroxylation is 2. The molecule has 5 aromatic rings. The summed E-state index contributed by atoms with van der Waals surface area (Å²) in [5, 5.41) is 20.8. The number of carbonyl (C=O) groups excluding carboxylic acids is 2. The maximum atomic E-state index is 13.8. The molecule has 1 aliphatic heterocycles. The smallest absolute Gasteiger partial charge is 0.301 e. The van der Waals surface area contributed by atoms with Crippen molar-refractivity contribution in [3.05, 3.63) is 107 Å². The van der Waals surface area contributed by atoms with Crippen molar-refractivity contribution in [1.82, 2.24) is 19.6 Å². The first-order valence-electron chi connectivity index (χ1n) is 14.7. The third-order valence-corrected chi connectivity index (χ3v) is 9.72. The first kappa shape index (κ1) is 30.5. The van der Waals surface area contributed by atoms with Gasteiger partial charge >= 0.3 is 5.91 Å². The number of pyridine rings is 1. The van der Waals surface area contributed by atoms with Crippen molar-refractivity contribution < 1.29 is 19.4 Å². The van der Waals surface area contributed by atoms with Crippen molar-refractivity contribution in [2.75, 3.05) is 11.5 Å². The number of imidazole rings is 1. The van der Waals surface area contributed by atoms with Crippen LogP contribution >= 0.6 is 23.1 Å². The molecule has 0 saturated carbocycles. The number of benzene rings is 2. The number of hydrogen-bond acceptors (Lipinski definition) is 9. The second kappa shape index (κ2) is 12.9. The van der Waals surface area contributed by atoms with Crippen molar-refractivity contribution in [3.63, 3.8) is 0 Å². The van der Waals surface area contributed by atoms with Gasteiger partial charge < -0.3 is 9.84 Å². The lowest BCUT2D eigenvalue weighted by molar-refractivity contribution is -0.132. The van der Waals surface area contributed by atoms with Gasteiger partial charge in [-0.1, -0.05) is 85.0 Å². The van der Waals surface area contributed by atoms with Gasteiger partial charge in [-0.15, -0.1) is 10.2 Å². The maximum absolute atomic E-state index is 13.8. The summed E-state index contributed by atoms with van der Waals surface area (Å²) in [5.41, 5.74) is 4.38. The minimum atomic E-state index is -0.963. The topological polar surface area (TPSA) is 110 Å². The second-order valence-electron chi connectivity index (χ2n) is 11.4. The average Bonchev–Trinajstić information content (AvgIpc) is 3.70. The second-order valence-corrected chi connectivity index (χ2v) is 13.6. The van der Waals surface area contributed by atoms with Gasteiger partial charge in [0, 0.05) is 11.9 Å². The van der Waals surface area contributed by atoms with Crippen LogP contribution in [0.15, 0.2) is 82.8 Å². The van der Waals surface area contributed by atoms with E-state index in [1.54, 1.807) is 17.5 Å². The number of ether oxygens (including phenoxy) is 1. The van der Waals surface area contributed by atoms with Gasteiger partial charge in [0.2, 0.25) is 5.13 Å². The minimum absolute atomic E-state index is 0.0443. The van der Waals surface area contributed by atoms with E-state index in [1.807, 2.05) is 49.4 Å². The van der Waals surface area contributed by atoms with Crippen LogP contribution < -0.4 is 9.64 Å². The van der Waals surface area contributed by atoms with E-state index in [2.05, 4.69) is 53.3 Å². The lowest BCUT2D eigenvalue weighted by Crippen LogP contribution is -2.29. The van der Waals surface area contributed by atoms with Crippen LogP contribution in [0.4, 0.5) is 5.13 Å². The van der Waals surface area contributed by atoms with Gasteiger partial charge in [-0.2, -0.15) is 0 Å². The molecule has 1 amide bonds. The number of aliphatic hydroxyl groups is 1. The molecule has 0 aliphatic carbocycles. The molecular formula is C34H33N5O4S2. The first-order chi connectivity index (χ1) is 21.7. The van der Waals surface area contributed by atoms with Gasteiger partial charge in [0.25, 0.3) is 5.78 Å². The molecule has 1 N–H and O–H groups in total. The Morgan fingerprint density at radius 2 is 1.84 bits per heavy atom. The summed E-state index contributed by atoms with van der Waals surface area (Å²) in [6.45, 7) is 8.60. The summed E-state index contributed by atoms with van der Waals surface area (Å²) in [6, 6.07) is 20.1. The van der Waals surface area contributed by atoms with E-state index in [-0.39, 0.29) is 16.5 Å². The molecule has 2 aromatic carbocycles. The van der Waals surface area contributed by atoms with Crippen molar-refractivity contribution in [3.8, 4) is 5.75 Å². The summed E-state index contributed by atoms with van der Waals surface area (Å²) in [4.78, 5) is 33.5. The molecule has 3 aromatic heterocycles. The predicted molar refractivity (Wildman–Crippen MR) is 177 cm³/mol. The molecule has 45 heavy (non-hydrogen) atoms. The van der Waals surface area contributed by atoms with Gasteiger partial charge in [-0.3, -0.25) is 18.9 Å². The molecule has 9 nitrogen and oxygen atoms in total. The normalized spacial score (nSPS) is 16.3. The van der Waals surface area contributed by atoms with E-state index >= 15 is 0 Å². The zero-order valence-electron chi connectivity index (χ0n) is 25.4. The molecule has 11 heteroatoms. The molecule has 1 fully saturated rings. The number of rotatable bonds is 10. The Balaban J connectivity index is 1.42. The molecule has 1 saturated heterocycles. The van der Waals surface area contributed by atoms with Gasteiger partial charge in [-0.25, -0.2) is 4.98 Å². The summed E-state index contributed by atoms with van der Waals surface area (Å²) < 4.78 is 8.41. The molecule has 0 bridgehead atoms. The maximum Gasteiger partial charge on any atom is 0.301 e. The Bertz CT molecular complexity index is 1910. The number of ketones is 1. The lowest BCUT2D eigenvalue weighted by atomic mass is 9.96. The fourth-order valence-corrected chi connectivity index (χ4v) is 7.07. The average molecular weight is 640 g/mol. The molecule has 1 aliphatic rings. The minimum Gasteiger partial charge on any atom is -0.505 e. The van der Waals surface area contributed by atoms with Crippen molar-refractivity contribution in [2.24, 2.45) is 5.92 Å². The number of nitrogens with zero attached hydrogens (tertiary/aromatic N) is 5. The SMILES string of the molecule is Cc1ccc(CSc2nnc(N3C(=O)C(=O)C(=C(O)c4c(C)nc5ccccn45)C3c3cccc(OCCC(C)C)c3)s2)cc1. The number of carbonyl (C=O) groups is 2. The van der Waals surface area contributed by atoms with Crippen LogP contribution in [0.1, 0.15) is 54.4 Å². The van der Waals surface area contributed by atoms with Gasteiger partial charge in [0.1, 0.15) is 17.1 Å².